The lowest BCUT2D eigenvalue weighted by Gasteiger charge is -2.02. The number of nitrogens with zero attached hydrogens (tertiary/aromatic N) is 2. The molecule has 0 aliphatic carbocycles. The van der Waals surface area contributed by atoms with E-state index in [2.05, 4.69) is 15.3 Å². The fourth-order valence-electron chi connectivity index (χ4n) is 1.74. The number of aryl methyl sites for hydroxylation is 1. The number of thiazole rings is 1. The van der Waals surface area contributed by atoms with E-state index in [0.717, 1.165) is 4.88 Å². The van der Waals surface area contributed by atoms with Crippen LogP contribution in [0, 0.1) is 6.92 Å². The first-order valence-electron chi connectivity index (χ1n) is 5.97. The Morgan fingerprint density at radius 1 is 1.35 bits per heavy atom. The van der Waals surface area contributed by atoms with Crippen LogP contribution in [0.15, 0.2) is 47.3 Å². The zero-order chi connectivity index (χ0) is 13.9. The molecule has 0 atom stereocenters. The number of aromatic nitrogens is 2. The number of hydrogen-bond acceptors (Lipinski definition) is 5. The van der Waals surface area contributed by atoms with E-state index in [0.29, 0.717) is 22.1 Å². The van der Waals surface area contributed by atoms with Gasteiger partial charge in [-0.25, -0.2) is 4.98 Å². The Morgan fingerprint density at radius 2 is 2.25 bits per heavy atom. The molecule has 1 amide bonds. The van der Waals surface area contributed by atoms with Crippen LogP contribution in [-0.2, 0) is 0 Å². The second kappa shape index (κ2) is 5.26. The van der Waals surface area contributed by atoms with E-state index in [1.165, 1.54) is 11.3 Å². The number of furan rings is 1. The van der Waals surface area contributed by atoms with E-state index in [1.54, 1.807) is 36.9 Å². The molecular formula is C14H11N3O2S. The topological polar surface area (TPSA) is 68.0 Å². The Labute approximate surface area is 119 Å². The molecule has 0 radical (unpaired) electrons. The predicted octanol–water partition coefficient (Wildman–Crippen LogP) is 3.36. The van der Waals surface area contributed by atoms with Crippen molar-refractivity contribution in [1.82, 2.24) is 9.97 Å². The Bertz CT molecular complexity index is 720. The Kier molecular flexibility index (Phi) is 3.30. The zero-order valence-electron chi connectivity index (χ0n) is 10.7. The van der Waals surface area contributed by atoms with Crippen molar-refractivity contribution in [3.05, 3.63) is 53.5 Å². The fraction of sp³-hybridized carbons (Fsp3) is 0.0714. The molecule has 0 unspecified atom stereocenters. The highest BCUT2D eigenvalue weighted by atomic mass is 32.1. The molecule has 0 aromatic carbocycles. The number of pyridine rings is 1. The smallest absolute Gasteiger partial charge is 0.275 e. The summed E-state index contributed by atoms with van der Waals surface area (Å²) in [6.07, 6.45) is 4.83. The number of anilines is 1. The minimum atomic E-state index is -0.246. The summed E-state index contributed by atoms with van der Waals surface area (Å²) < 4.78 is 5.29. The lowest BCUT2D eigenvalue weighted by atomic mass is 10.3. The van der Waals surface area contributed by atoms with Gasteiger partial charge in [-0.3, -0.25) is 9.78 Å². The molecule has 0 saturated carbocycles. The van der Waals surface area contributed by atoms with Gasteiger partial charge in [-0.15, -0.1) is 11.3 Å². The first kappa shape index (κ1) is 12.6. The molecule has 0 bridgehead atoms. The van der Waals surface area contributed by atoms with Crippen LogP contribution in [0.25, 0.3) is 10.8 Å². The first-order valence-corrected chi connectivity index (χ1v) is 6.78. The van der Waals surface area contributed by atoms with Gasteiger partial charge >= 0.3 is 0 Å². The molecule has 0 spiro atoms. The quantitative estimate of drug-likeness (QED) is 0.801. The third-order valence-corrected chi connectivity index (χ3v) is 3.65. The third kappa shape index (κ3) is 2.46. The van der Waals surface area contributed by atoms with Crippen molar-refractivity contribution in [2.75, 3.05) is 5.32 Å². The van der Waals surface area contributed by atoms with E-state index in [-0.39, 0.29) is 5.91 Å². The minimum Gasteiger partial charge on any atom is -0.462 e. The van der Waals surface area contributed by atoms with Gasteiger partial charge in [0.05, 0.1) is 18.1 Å². The van der Waals surface area contributed by atoms with Crippen molar-refractivity contribution in [2.24, 2.45) is 0 Å². The van der Waals surface area contributed by atoms with Crippen molar-refractivity contribution in [2.45, 2.75) is 6.92 Å². The largest absolute Gasteiger partial charge is 0.462 e. The zero-order valence-corrected chi connectivity index (χ0v) is 11.5. The van der Waals surface area contributed by atoms with E-state index in [4.69, 9.17) is 4.42 Å². The van der Waals surface area contributed by atoms with Crippen molar-refractivity contribution >= 4 is 22.9 Å². The van der Waals surface area contributed by atoms with E-state index in [9.17, 15) is 4.79 Å². The molecule has 0 aliphatic heterocycles. The van der Waals surface area contributed by atoms with Gasteiger partial charge in [0, 0.05) is 11.1 Å². The van der Waals surface area contributed by atoms with Gasteiger partial charge in [-0.2, -0.15) is 0 Å². The predicted molar refractivity (Wildman–Crippen MR) is 76.7 cm³/mol. The maximum Gasteiger partial charge on any atom is 0.275 e. The van der Waals surface area contributed by atoms with Gasteiger partial charge in [0.25, 0.3) is 5.91 Å². The van der Waals surface area contributed by atoms with Crippen LogP contribution >= 0.6 is 11.3 Å². The molecule has 3 aromatic rings. The summed E-state index contributed by atoms with van der Waals surface area (Å²) in [5, 5.41) is 3.47. The molecule has 0 fully saturated rings. The summed E-state index contributed by atoms with van der Waals surface area (Å²) in [4.78, 5) is 21.3. The lowest BCUT2D eigenvalue weighted by molar-refractivity contribution is 0.102. The molecule has 3 rings (SSSR count). The monoisotopic (exact) mass is 285 g/mol. The van der Waals surface area contributed by atoms with Crippen LogP contribution in [0.2, 0.25) is 0 Å². The highest BCUT2D eigenvalue weighted by molar-refractivity contribution is 7.15. The van der Waals surface area contributed by atoms with Crippen LogP contribution in [0.4, 0.5) is 5.69 Å². The van der Waals surface area contributed by atoms with Crippen LogP contribution in [0.5, 0.6) is 0 Å². The van der Waals surface area contributed by atoms with Crippen LogP contribution < -0.4 is 5.32 Å². The van der Waals surface area contributed by atoms with Crippen molar-refractivity contribution in [3.8, 4) is 10.8 Å². The molecule has 5 nitrogen and oxygen atoms in total. The normalized spacial score (nSPS) is 10.4. The molecule has 3 aromatic heterocycles. The molecule has 0 saturated heterocycles. The standard InChI is InChI=1S/C14H11N3O2S/c1-9-12(13(18)16-10-4-2-6-15-8-10)17-14(20-9)11-5-3-7-19-11/h2-8H,1H3,(H,16,18). The molecule has 3 heterocycles. The highest BCUT2D eigenvalue weighted by Crippen LogP contribution is 2.28. The molecule has 20 heavy (non-hydrogen) atoms. The SMILES string of the molecule is Cc1sc(-c2ccco2)nc1C(=O)Nc1cccnc1. The van der Waals surface area contributed by atoms with Crippen molar-refractivity contribution < 1.29 is 9.21 Å². The molecule has 100 valence electrons. The van der Waals surface area contributed by atoms with Crippen LogP contribution in [0.3, 0.4) is 0 Å². The number of nitrogens with one attached hydrogen (secondary N) is 1. The number of carbonyl (C=O) groups excluding carboxylic acids is 1. The summed E-state index contributed by atoms with van der Waals surface area (Å²) >= 11 is 1.43. The second-order valence-electron chi connectivity index (χ2n) is 4.10. The van der Waals surface area contributed by atoms with E-state index in [1.807, 2.05) is 13.0 Å². The molecule has 6 heteroatoms. The summed E-state index contributed by atoms with van der Waals surface area (Å²) in [6.45, 7) is 1.86. The molecule has 0 aliphatic rings. The first-order chi connectivity index (χ1) is 9.74. The van der Waals surface area contributed by atoms with Gasteiger partial charge < -0.3 is 9.73 Å². The van der Waals surface area contributed by atoms with Gasteiger partial charge in [-0.05, 0) is 31.2 Å². The minimum absolute atomic E-state index is 0.246. The number of hydrogen-bond donors (Lipinski definition) is 1. The number of rotatable bonds is 3. The maximum atomic E-state index is 12.2. The average Bonchev–Trinajstić information content (AvgIpc) is 3.08. The Balaban J connectivity index is 1.85. The second-order valence-corrected chi connectivity index (χ2v) is 5.30. The fourth-order valence-corrected chi connectivity index (χ4v) is 2.62. The summed E-state index contributed by atoms with van der Waals surface area (Å²) in [6, 6.07) is 7.15. The van der Waals surface area contributed by atoms with E-state index < -0.39 is 0 Å². The lowest BCUT2D eigenvalue weighted by Crippen LogP contribution is -2.13. The maximum absolute atomic E-state index is 12.2. The van der Waals surface area contributed by atoms with Gasteiger partial charge in [0.15, 0.2) is 10.8 Å². The molecule has 1 N–H and O–H groups in total. The summed E-state index contributed by atoms with van der Waals surface area (Å²) in [7, 11) is 0. The number of amides is 1. The number of carbonyl (C=O) groups is 1. The highest BCUT2D eigenvalue weighted by Gasteiger charge is 2.17. The Hall–Kier alpha value is -2.47. The van der Waals surface area contributed by atoms with E-state index >= 15 is 0 Å². The van der Waals surface area contributed by atoms with Gasteiger partial charge in [0.2, 0.25) is 0 Å². The Morgan fingerprint density at radius 3 is 2.95 bits per heavy atom. The average molecular weight is 285 g/mol. The van der Waals surface area contributed by atoms with Crippen LogP contribution in [0.1, 0.15) is 15.4 Å². The third-order valence-electron chi connectivity index (χ3n) is 2.66. The van der Waals surface area contributed by atoms with Crippen molar-refractivity contribution in [3.63, 3.8) is 0 Å². The van der Waals surface area contributed by atoms with Crippen molar-refractivity contribution in [1.29, 1.82) is 0 Å². The molecular weight excluding hydrogens is 274 g/mol. The van der Waals surface area contributed by atoms with Gasteiger partial charge in [-0.1, -0.05) is 0 Å². The summed E-state index contributed by atoms with van der Waals surface area (Å²) in [5.74, 6) is 0.420. The summed E-state index contributed by atoms with van der Waals surface area (Å²) in [5.41, 5.74) is 1.05. The van der Waals surface area contributed by atoms with Crippen LogP contribution in [-0.4, -0.2) is 15.9 Å². The van der Waals surface area contributed by atoms with Gasteiger partial charge in [0.1, 0.15) is 5.69 Å².